The van der Waals surface area contributed by atoms with Crippen LogP contribution in [0.2, 0.25) is 5.02 Å². The zero-order valence-electron chi connectivity index (χ0n) is 21.6. The SMILES string of the molecule is Nc1ccc(-c2ccc(Cl)cc2)c(COc2ccc(-c3nc4cc(C=O)ccc4n3C3CCCCC3)cc2)c1. The van der Waals surface area contributed by atoms with Crippen LogP contribution < -0.4 is 10.5 Å². The quantitative estimate of drug-likeness (QED) is 0.167. The minimum atomic E-state index is 0.386. The molecule has 5 nitrogen and oxygen atoms in total. The Balaban J connectivity index is 1.28. The van der Waals surface area contributed by atoms with Crippen molar-refractivity contribution >= 4 is 34.6 Å². The number of nitrogen functional groups attached to an aromatic ring is 1. The number of nitrogens with two attached hydrogens (primary N) is 1. The van der Waals surface area contributed by atoms with Crippen molar-refractivity contribution in [2.24, 2.45) is 0 Å². The van der Waals surface area contributed by atoms with E-state index in [1.807, 2.05) is 72.8 Å². The van der Waals surface area contributed by atoms with Gasteiger partial charge in [0.05, 0.1) is 11.0 Å². The molecule has 196 valence electrons. The van der Waals surface area contributed by atoms with Gasteiger partial charge in [-0.1, -0.05) is 49.1 Å². The first-order valence-corrected chi connectivity index (χ1v) is 13.8. The number of fused-ring (bicyclic) bond motifs is 1. The number of nitrogens with zero attached hydrogens (tertiary/aromatic N) is 2. The molecule has 2 N–H and O–H groups in total. The average Bonchev–Trinajstić information content (AvgIpc) is 3.36. The van der Waals surface area contributed by atoms with E-state index in [2.05, 4.69) is 16.7 Å². The molecule has 1 fully saturated rings. The van der Waals surface area contributed by atoms with E-state index in [4.69, 9.17) is 27.1 Å². The Morgan fingerprint density at radius 3 is 2.38 bits per heavy atom. The van der Waals surface area contributed by atoms with E-state index >= 15 is 0 Å². The van der Waals surface area contributed by atoms with Gasteiger partial charge in [0.1, 0.15) is 24.5 Å². The fourth-order valence-electron chi connectivity index (χ4n) is 5.61. The summed E-state index contributed by atoms with van der Waals surface area (Å²) in [5.41, 5.74) is 13.5. The molecule has 0 radical (unpaired) electrons. The van der Waals surface area contributed by atoms with Crippen LogP contribution in [0, 0.1) is 0 Å². The van der Waals surface area contributed by atoms with E-state index < -0.39 is 0 Å². The first-order chi connectivity index (χ1) is 19.1. The summed E-state index contributed by atoms with van der Waals surface area (Å²) in [6.45, 7) is 0.386. The molecule has 0 saturated heterocycles. The maximum Gasteiger partial charge on any atom is 0.150 e. The molecule has 0 bridgehead atoms. The van der Waals surface area contributed by atoms with Crippen LogP contribution in [0.25, 0.3) is 33.5 Å². The molecule has 1 saturated carbocycles. The number of imidazole rings is 1. The van der Waals surface area contributed by atoms with Gasteiger partial charge in [-0.05, 0) is 96.3 Å². The van der Waals surface area contributed by atoms with Gasteiger partial charge in [-0.3, -0.25) is 4.79 Å². The third-order valence-corrected chi connectivity index (χ3v) is 7.83. The third-order valence-electron chi connectivity index (χ3n) is 7.58. The summed E-state index contributed by atoms with van der Waals surface area (Å²) in [6.07, 6.45) is 6.91. The molecule has 0 spiro atoms. The van der Waals surface area contributed by atoms with Crippen LogP contribution in [0.15, 0.2) is 84.9 Å². The largest absolute Gasteiger partial charge is 0.489 e. The topological polar surface area (TPSA) is 70.1 Å². The second kappa shape index (κ2) is 11.0. The van der Waals surface area contributed by atoms with Crippen molar-refractivity contribution in [1.82, 2.24) is 9.55 Å². The minimum Gasteiger partial charge on any atom is -0.489 e. The molecule has 0 atom stereocenters. The second-order valence-electron chi connectivity index (χ2n) is 10.2. The van der Waals surface area contributed by atoms with Crippen molar-refractivity contribution in [2.75, 3.05) is 5.73 Å². The summed E-state index contributed by atoms with van der Waals surface area (Å²) in [4.78, 5) is 16.4. The molecule has 5 aromatic rings. The van der Waals surface area contributed by atoms with Crippen LogP contribution in [0.1, 0.15) is 54.1 Å². The molecule has 1 heterocycles. The zero-order valence-corrected chi connectivity index (χ0v) is 22.4. The van der Waals surface area contributed by atoms with Gasteiger partial charge in [-0.25, -0.2) is 4.98 Å². The molecule has 1 aromatic heterocycles. The lowest BCUT2D eigenvalue weighted by atomic mass is 9.95. The molecule has 1 aliphatic rings. The average molecular weight is 536 g/mol. The number of carbonyl (C=O) groups is 1. The zero-order chi connectivity index (χ0) is 26.8. The van der Waals surface area contributed by atoms with E-state index in [1.54, 1.807) is 0 Å². The molecule has 6 heteroatoms. The van der Waals surface area contributed by atoms with E-state index in [9.17, 15) is 4.79 Å². The molecular weight excluding hydrogens is 506 g/mol. The van der Waals surface area contributed by atoms with Crippen LogP contribution in [-0.4, -0.2) is 15.8 Å². The Bertz CT molecular complexity index is 1620. The lowest BCUT2D eigenvalue weighted by Crippen LogP contribution is -2.14. The number of carbonyl (C=O) groups excluding carboxylic acids is 1. The van der Waals surface area contributed by atoms with Gasteiger partial charge in [-0.15, -0.1) is 0 Å². The number of aromatic nitrogens is 2. The normalized spacial score (nSPS) is 14.0. The highest BCUT2D eigenvalue weighted by molar-refractivity contribution is 6.30. The van der Waals surface area contributed by atoms with E-state index in [-0.39, 0.29) is 0 Å². The highest BCUT2D eigenvalue weighted by Crippen LogP contribution is 2.36. The minimum absolute atomic E-state index is 0.386. The fraction of sp³-hybridized carbons (Fsp3) is 0.212. The number of ether oxygens (including phenoxy) is 1. The highest BCUT2D eigenvalue weighted by Gasteiger charge is 2.22. The number of hydrogen-bond donors (Lipinski definition) is 1. The van der Waals surface area contributed by atoms with Crippen molar-refractivity contribution in [3.8, 4) is 28.3 Å². The molecule has 0 aliphatic heterocycles. The summed E-state index contributed by atoms with van der Waals surface area (Å²) < 4.78 is 8.59. The summed E-state index contributed by atoms with van der Waals surface area (Å²) in [5, 5.41) is 0.702. The van der Waals surface area contributed by atoms with Crippen molar-refractivity contribution in [3.63, 3.8) is 0 Å². The van der Waals surface area contributed by atoms with Gasteiger partial charge in [0, 0.05) is 27.9 Å². The van der Waals surface area contributed by atoms with Crippen molar-refractivity contribution in [1.29, 1.82) is 0 Å². The van der Waals surface area contributed by atoms with Crippen LogP contribution in [0.3, 0.4) is 0 Å². The third kappa shape index (κ3) is 5.27. The molecule has 4 aromatic carbocycles. The van der Waals surface area contributed by atoms with Crippen molar-refractivity contribution < 1.29 is 9.53 Å². The smallest absolute Gasteiger partial charge is 0.150 e. The van der Waals surface area contributed by atoms with Gasteiger partial charge in [0.15, 0.2) is 0 Å². The Morgan fingerprint density at radius 1 is 0.897 bits per heavy atom. The molecular formula is C33H30ClN3O2. The number of anilines is 1. The summed E-state index contributed by atoms with van der Waals surface area (Å²) in [7, 11) is 0. The lowest BCUT2D eigenvalue weighted by Gasteiger charge is -2.25. The first kappa shape index (κ1) is 25.2. The van der Waals surface area contributed by atoms with Crippen molar-refractivity contribution in [2.45, 2.75) is 44.8 Å². The highest BCUT2D eigenvalue weighted by atomic mass is 35.5. The van der Waals surface area contributed by atoms with Gasteiger partial charge in [-0.2, -0.15) is 0 Å². The van der Waals surface area contributed by atoms with E-state index in [0.717, 1.165) is 64.0 Å². The molecule has 0 amide bonds. The Kier molecular flexibility index (Phi) is 7.08. The fourth-order valence-corrected chi connectivity index (χ4v) is 5.73. The number of benzene rings is 4. The number of halogens is 1. The standard InChI is InChI=1S/C33H30ClN3O2/c34-26-11-7-23(8-12-26)30-16-13-27(35)19-25(30)21-39-29-14-9-24(10-15-29)33-36-31-18-22(20-38)6-17-32(31)37(33)28-4-2-1-3-5-28/h6-20,28H,1-5,21,35H2. The maximum atomic E-state index is 11.4. The second-order valence-corrected chi connectivity index (χ2v) is 10.6. The van der Waals surface area contributed by atoms with Gasteiger partial charge in [0.25, 0.3) is 0 Å². The number of hydrogen-bond acceptors (Lipinski definition) is 4. The van der Waals surface area contributed by atoms with Crippen LogP contribution in [-0.2, 0) is 6.61 Å². The van der Waals surface area contributed by atoms with Crippen LogP contribution in [0.5, 0.6) is 5.75 Å². The summed E-state index contributed by atoms with van der Waals surface area (Å²) in [5.74, 6) is 1.71. The molecule has 6 rings (SSSR count). The van der Waals surface area contributed by atoms with Gasteiger partial charge in [0.2, 0.25) is 0 Å². The van der Waals surface area contributed by atoms with Gasteiger partial charge < -0.3 is 15.0 Å². The monoisotopic (exact) mass is 535 g/mol. The Morgan fingerprint density at radius 2 is 1.64 bits per heavy atom. The van der Waals surface area contributed by atoms with Crippen LogP contribution >= 0.6 is 11.6 Å². The van der Waals surface area contributed by atoms with Crippen LogP contribution in [0.4, 0.5) is 5.69 Å². The number of aldehydes is 1. The predicted octanol–water partition coefficient (Wildman–Crippen LogP) is 8.50. The molecule has 1 aliphatic carbocycles. The van der Waals surface area contributed by atoms with E-state index in [1.165, 1.54) is 19.3 Å². The first-order valence-electron chi connectivity index (χ1n) is 13.4. The summed E-state index contributed by atoms with van der Waals surface area (Å²) in [6, 6.07) is 28.0. The van der Waals surface area contributed by atoms with Gasteiger partial charge >= 0.3 is 0 Å². The summed E-state index contributed by atoms with van der Waals surface area (Å²) >= 11 is 6.09. The van der Waals surface area contributed by atoms with E-state index in [0.29, 0.717) is 28.9 Å². The maximum absolute atomic E-state index is 11.4. The lowest BCUT2D eigenvalue weighted by molar-refractivity contribution is 0.112. The molecule has 0 unspecified atom stereocenters. The van der Waals surface area contributed by atoms with Crippen molar-refractivity contribution in [3.05, 3.63) is 101 Å². The predicted molar refractivity (Wildman–Crippen MR) is 158 cm³/mol. The Labute approximate surface area is 233 Å². The molecule has 39 heavy (non-hydrogen) atoms. The Hall–Kier alpha value is -4.09. The number of rotatable bonds is 7.